The van der Waals surface area contributed by atoms with E-state index in [1.165, 1.54) is 6.07 Å². The Bertz CT molecular complexity index is 508. The van der Waals surface area contributed by atoms with Gasteiger partial charge in [0.2, 0.25) is 11.7 Å². The van der Waals surface area contributed by atoms with Crippen LogP contribution in [0.4, 0.5) is 24.7 Å². The molecule has 17 heavy (non-hydrogen) atoms. The molecule has 0 saturated carbocycles. The number of nitrogens with two attached hydrogens (primary N) is 1. The summed E-state index contributed by atoms with van der Waals surface area (Å²) in [6.07, 6.45) is -5.07. The standard InChI is InChI=1S/C7H3F3N4O3/c8-7(9,10)17-6-3(2-11)1-4(14(15)16)5(12)13-6/h1H,(H2,12,13). The minimum Gasteiger partial charge on any atom is -0.386 e. The zero-order valence-electron chi connectivity index (χ0n) is 7.85. The van der Waals surface area contributed by atoms with Crippen LogP contribution in [-0.4, -0.2) is 16.3 Å². The van der Waals surface area contributed by atoms with Crippen LogP contribution < -0.4 is 10.5 Å². The second-order valence-electron chi connectivity index (χ2n) is 2.66. The molecule has 0 spiro atoms. The van der Waals surface area contributed by atoms with Crippen LogP contribution in [0.25, 0.3) is 0 Å². The van der Waals surface area contributed by atoms with E-state index in [1.807, 2.05) is 0 Å². The highest BCUT2D eigenvalue weighted by molar-refractivity contribution is 5.59. The van der Waals surface area contributed by atoms with Gasteiger partial charge in [-0.2, -0.15) is 10.2 Å². The summed E-state index contributed by atoms with van der Waals surface area (Å²) in [6.45, 7) is 0. The quantitative estimate of drug-likeness (QED) is 0.623. The Kier molecular flexibility index (Phi) is 3.03. The molecule has 1 aromatic heterocycles. The number of nitrogen functional groups attached to an aromatic ring is 1. The monoisotopic (exact) mass is 248 g/mol. The molecule has 1 aromatic rings. The number of hydrogen-bond acceptors (Lipinski definition) is 6. The lowest BCUT2D eigenvalue weighted by Crippen LogP contribution is -2.19. The molecule has 90 valence electrons. The fraction of sp³-hybridized carbons (Fsp3) is 0.143. The number of nitro groups is 1. The molecule has 0 aliphatic carbocycles. The summed E-state index contributed by atoms with van der Waals surface area (Å²) in [5.74, 6) is -1.89. The van der Waals surface area contributed by atoms with Crippen molar-refractivity contribution in [3.63, 3.8) is 0 Å². The molecule has 0 aliphatic rings. The fourth-order valence-corrected chi connectivity index (χ4v) is 0.913. The number of anilines is 1. The third-order valence-electron chi connectivity index (χ3n) is 1.53. The van der Waals surface area contributed by atoms with Crippen molar-refractivity contribution >= 4 is 11.5 Å². The highest BCUT2D eigenvalue weighted by atomic mass is 19.4. The van der Waals surface area contributed by atoms with Crippen molar-refractivity contribution in [2.45, 2.75) is 6.36 Å². The fourth-order valence-electron chi connectivity index (χ4n) is 0.913. The average Bonchev–Trinajstić information content (AvgIpc) is 2.14. The Morgan fingerprint density at radius 2 is 2.18 bits per heavy atom. The van der Waals surface area contributed by atoms with Gasteiger partial charge in [0.25, 0.3) is 0 Å². The molecule has 0 fully saturated rings. The van der Waals surface area contributed by atoms with Crippen molar-refractivity contribution in [2.24, 2.45) is 0 Å². The van der Waals surface area contributed by atoms with Gasteiger partial charge in [0.15, 0.2) is 0 Å². The maximum atomic E-state index is 11.9. The van der Waals surface area contributed by atoms with Crippen molar-refractivity contribution in [1.29, 1.82) is 5.26 Å². The lowest BCUT2D eigenvalue weighted by molar-refractivity contribution is -0.384. The summed E-state index contributed by atoms with van der Waals surface area (Å²) in [7, 11) is 0. The van der Waals surface area contributed by atoms with E-state index < -0.39 is 34.2 Å². The first-order valence-corrected chi connectivity index (χ1v) is 3.85. The number of pyridine rings is 1. The van der Waals surface area contributed by atoms with Gasteiger partial charge in [0.1, 0.15) is 11.6 Å². The summed E-state index contributed by atoms with van der Waals surface area (Å²) in [5.41, 5.74) is 3.55. The first-order valence-electron chi connectivity index (χ1n) is 3.85. The maximum Gasteiger partial charge on any atom is 0.574 e. The van der Waals surface area contributed by atoms with Crippen LogP contribution in [0, 0.1) is 21.4 Å². The van der Waals surface area contributed by atoms with Crippen molar-refractivity contribution in [3.05, 3.63) is 21.7 Å². The highest BCUT2D eigenvalue weighted by Gasteiger charge is 2.34. The molecule has 0 amide bonds. The minimum atomic E-state index is -5.07. The van der Waals surface area contributed by atoms with Gasteiger partial charge >= 0.3 is 12.0 Å². The van der Waals surface area contributed by atoms with E-state index in [4.69, 9.17) is 11.0 Å². The van der Waals surface area contributed by atoms with Crippen molar-refractivity contribution in [3.8, 4) is 11.9 Å². The summed E-state index contributed by atoms with van der Waals surface area (Å²) in [6, 6.07) is 1.85. The number of aromatic nitrogens is 1. The number of nitriles is 1. The third-order valence-corrected chi connectivity index (χ3v) is 1.53. The Morgan fingerprint density at radius 3 is 2.59 bits per heavy atom. The van der Waals surface area contributed by atoms with Crippen LogP contribution in [0.5, 0.6) is 5.88 Å². The topological polar surface area (TPSA) is 115 Å². The lowest BCUT2D eigenvalue weighted by Gasteiger charge is -2.09. The normalized spacial score (nSPS) is 10.7. The van der Waals surface area contributed by atoms with Crippen LogP contribution in [0.3, 0.4) is 0 Å². The lowest BCUT2D eigenvalue weighted by atomic mass is 10.2. The summed E-state index contributed by atoms with van der Waals surface area (Å²) in [5, 5.41) is 18.9. The molecule has 0 bridgehead atoms. The van der Waals surface area contributed by atoms with Gasteiger partial charge < -0.3 is 10.5 Å². The van der Waals surface area contributed by atoms with E-state index in [0.29, 0.717) is 6.07 Å². The zero-order valence-corrected chi connectivity index (χ0v) is 7.85. The third kappa shape index (κ3) is 2.94. The largest absolute Gasteiger partial charge is 0.574 e. The number of hydrogen-bond donors (Lipinski definition) is 1. The Morgan fingerprint density at radius 1 is 1.59 bits per heavy atom. The molecule has 10 heteroatoms. The van der Waals surface area contributed by atoms with Crippen LogP contribution in [0.15, 0.2) is 6.07 Å². The first kappa shape index (κ1) is 12.5. The Balaban J connectivity index is 3.30. The Hall–Kier alpha value is -2.57. The van der Waals surface area contributed by atoms with Gasteiger partial charge in [0.05, 0.1) is 4.92 Å². The molecule has 0 saturated heterocycles. The van der Waals surface area contributed by atoms with Crippen molar-refractivity contribution in [1.82, 2.24) is 4.98 Å². The number of nitrogens with zero attached hydrogens (tertiary/aromatic N) is 3. The number of rotatable bonds is 2. The zero-order chi connectivity index (χ0) is 13.2. The highest BCUT2D eigenvalue weighted by Crippen LogP contribution is 2.30. The van der Waals surface area contributed by atoms with E-state index in [9.17, 15) is 23.3 Å². The van der Waals surface area contributed by atoms with Gasteiger partial charge in [-0.05, 0) is 0 Å². The van der Waals surface area contributed by atoms with Gasteiger partial charge in [-0.1, -0.05) is 0 Å². The van der Waals surface area contributed by atoms with Crippen molar-refractivity contribution < 1.29 is 22.8 Å². The van der Waals surface area contributed by atoms with Crippen LogP contribution in [0.1, 0.15) is 5.56 Å². The molecule has 0 aromatic carbocycles. The molecular weight excluding hydrogens is 245 g/mol. The van der Waals surface area contributed by atoms with E-state index in [0.717, 1.165) is 0 Å². The van der Waals surface area contributed by atoms with Crippen LogP contribution in [0.2, 0.25) is 0 Å². The SMILES string of the molecule is N#Cc1cc([N+](=O)[O-])c(N)nc1OC(F)(F)F. The molecule has 0 atom stereocenters. The molecule has 2 N–H and O–H groups in total. The average molecular weight is 248 g/mol. The summed E-state index contributed by atoms with van der Waals surface area (Å²) >= 11 is 0. The second kappa shape index (κ2) is 4.12. The molecule has 0 radical (unpaired) electrons. The molecule has 7 nitrogen and oxygen atoms in total. The van der Waals surface area contributed by atoms with E-state index in [-0.39, 0.29) is 0 Å². The molecule has 1 heterocycles. The first-order chi connectivity index (χ1) is 7.74. The summed E-state index contributed by atoms with van der Waals surface area (Å²) in [4.78, 5) is 12.4. The summed E-state index contributed by atoms with van der Waals surface area (Å²) < 4.78 is 39.1. The molecule has 0 aliphatic heterocycles. The van der Waals surface area contributed by atoms with Gasteiger partial charge in [-0.3, -0.25) is 10.1 Å². The maximum absolute atomic E-state index is 11.9. The Labute approximate surface area is 91.4 Å². The smallest absolute Gasteiger partial charge is 0.386 e. The van der Waals surface area contributed by atoms with E-state index in [1.54, 1.807) is 0 Å². The second-order valence-corrected chi connectivity index (χ2v) is 2.66. The van der Waals surface area contributed by atoms with Gasteiger partial charge in [0, 0.05) is 6.07 Å². The predicted octanol–water partition coefficient (Wildman–Crippen LogP) is 1.34. The molecular formula is C7H3F3N4O3. The predicted molar refractivity (Wildman–Crippen MR) is 46.7 cm³/mol. The van der Waals surface area contributed by atoms with Gasteiger partial charge in [-0.15, -0.1) is 13.2 Å². The van der Waals surface area contributed by atoms with Crippen molar-refractivity contribution in [2.75, 3.05) is 5.73 Å². The molecule has 0 unspecified atom stereocenters. The molecule has 1 rings (SSSR count). The van der Waals surface area contributed by atoms with E-state index >= 15 is 0 Å². The van der Waals surface area contributed by atoms with Gasteiger partial charge in [-0.25, -0.2) is 0 Å². The van der Waals surface area contributed by atoms with Crippen LogP contribution >= 0.6 is 0 Å². The number of ether oxygens (including phenoxy) is 1. The minimum absolute atomic E-state index is 0.559. The number of halogens is 3. The van der Waals surface area contributed by atoms with E-state index in [2.05, 4.69) is 9.72 Å². The number of alkyl halides is 3. The van der Waals surface area contributed by atoms with Crippen LogP contribution in [-0.2, 0) is 0 Å².